The van der Waals surface area contributed by atoms with Crippen molar-refractivity contribution in [2.45, 2.75) is 13.5 Å². The smallest absolute Gasteiger partial charge is 0.139 e. The highest BCUT2D eigenvalue weighted by molar-refractivity contribution is 7.71. The number of methoxy groups -OCH3 is 1. The van der Waals surface area contributed by atoms with E-state index in [2.05, 4.69) is 15.0 Å². The van der Waals surface area contributed by atoms with Crippen molar-refractivity contribution in [3.8, 4) is 11.4 Å². The maximum Gasteiger partial charge on any atom is 0.139 e. The van der Waals surface area contributed by atoms with Crippen LogP contribution < -0.4 is 0 Å². The van der Waals surface area contributed by atoms with Gasteiger partial charge in [0.15, 0.2) is 0 Å². The molecule has 1 N–H and O–H groups in total. The van der Waals surface area contributed by atoms with E-state index in [-0.39, 0.29) is 0 Å². The Morgan fingerprint density at radius 3 is 3.00 bits per heavy atom. The first-order chi connectivity index (χ1) is 8.20. The molecule has 2 heterocycles. The van der Waals surface area contributed by atoms with Crippen LogP contribution in [0.15, 0.2) is 24.5 Å². The fourth-order valence-electron chi connectivity index (χ4n) is 1.61. The molecule has 0 radical (unpaired) electrons. The molecule has 0 bridgehead atoms. The zero-order valence-electron chi connectivity index (χ0n) is 9.73. The van der Waals surface area contributed by atoms with Crippen molar-refractivity contribution in [2.24, 2.45) is 0 Å². The first kappa shape index (κ1) is 11.9. The molecule has 0 spiro atoms. The number of hydrogen-bond acceptors (Lipinski definition) is 4. The number of nitrogens with zero attached hydrogens (tertiary/aromatic N) is 2. The lowest BCUT2D eigenvalue weighted by Crippen LogP contribution is -1.98. The van der Waals surface area contributed by atoms with Crippen LogP contribution in [0.25, 0.3) is 11.4 Å². The highest BCUT2D eigenvalue weighted by Crippen LogP contribution is 2.18. The Balaban J connectivity index is 2.52. The molecular formula is C12H13N3OS. The third-order valence-electron chi connectivity index (χ3n) is 2.37. The highest BCUT2D eigenvalue weighted by Gasteiger charge is 2.05. The van der Waals surface area contributed by atoms with E-state index in [1.54, 1.807) is 25.6 Å². The van der Waals surface area contributed by atoms with Crippen molar-refractivity contribution in [2.75, 3.05) is 7.11 Å². The van der Waals surface area contributed by atoms with E-state index in [1.165, 1.54) is 0 Å². The highest BCUT2D eigenvalue weighted by atomic mass is 32.1. The number of aromatic amines is 1. The fraction of sp³-hybridized carbons (Fsp3) is 0.250. The van der Waals surface area contributed by atoms with Gasteiger partial charge in [-0.15, -0.1) is 0 Å². The maximum atomic E-state index is 5.14. The zero-order chi connectivity index (χ0) is 12.3. The minimum atomic E-state index is 0.489. The lowest BCUT2D eigenvalue weighted by atomic mass is 10.1. The number of aromatic nitrogens is 3. The van der Waals surface area contributed by atoms with Crippen molar-refractivity contribution in [1.82, 2.24) is 15.0 Å². The molecule has 5 heteroatoms. The molecule has 2 aromatic rings. The number of pyridine rings is 1. The summed E-state index contributed by atoms with van der Waals surface area (Å²) in [6.45, 7) is 2.48. The van der Waals surface area contributed by atoms with Crippen molar-refractivity contribution in [3.63, 3.8) is 0 Å². The quantitative estimate of drug-likeness (QED) is 0.847. The van der Waals surface area contributed by atoms with E-state index < -0.39 is 0 Å². The predicted octanol–water partition coefficient (Wildman–Crippen LogP) is 2.66. The lowest BCUT2D eigenvalue weighted by Gasteiger charge is -2.07. The molecule has 0 aliphatic rings. The van der Waals surface area contributed by atoms with Gasteiger partial charge < -0.3 is 9.72 Å². The Kier molecular flexibility index (Phi) is 3.61. The van der Waals surface area contributed by atoms with Crippen LogP contribution in [0.5, 0.6) is 0 Å². The van der Waals surface area contributed by atoms with Crippen LogP contribution in [0.3, 0.4) is 0 Å². The Hall–Kier alpha value is -1.59. The van der Waals surface area contributed by atoms with Crippen molar-refractivity contribution in [1.29, 1.82) is 0 Å². The summed E-state index contributed by atoms with van der Waals surface area (Å²) in [5.41, 5.74) is 2.97. The molecule has 0 saturated heterocycles. The standard InChI is InChI=1S/C12H13N3OS/c1-8-6-13-4-3-10(8)12-14-9(7-16-2)5-11(17)15-12/h3-6H,7H2,1-2H3,(H,14,15,17). The number of H-pyrrole nitrogens is 1. The number of aryl methyl sites for hydroxylation is 1. The SMILES string of the molecule is COCc1cc(=S)nc(-c2ccncc2C)[nH]1. The summed E-state index contributed by atoms with van der Waals surface area (Å²) in [5.74, 6) is 0.754. The third-order valence-corrected chi connectivity index (χ3v) is 2.58. The molecule has 0 amide bonds. The van der Waals surface area contributed by atoms with Gasteiger partial charge in [0.1, 0.15) is 10.5 Å². The van der Waals surface area contributed by atoms with Gasteiger partial charge in [0.25, 0.3) is 0 Å². The van der Waals surface area contributed by atoms with Crippen LogP contribution in [0.2, 0.25) is 0 Å². The second kappa shape index (κ2) is 5.16. The molecule has 17 heavy (non-hydrogen) atoms. The molecule has 0 atom stereocenters. The van der Waals surface area contributed by atoms with Crippen molar-refractivity contribution >= 4 is 12.2 Å². The lowest BCUT2D eigenvalue weighted by molar-refractivity contribution is 0.181. The van der Waals surface area contributed by atoms with Gasteiger partial charge in [-0.1, -0.05) is 12.2 Å². The van der Waals surface area contributed by atoms with Crippen molar-refractivity contribution in [3.05, 3.63) is 40.4 Å². The minimum Gasteiger partial charge on any atom is -0.378 e. The van der Waals surface area contributed by atoms with Gasteiger partial charge in [-0.05, 0) is 24.6 Å². The van der Waals surface area contributed by atoms with Crippen LogP contribution >= 0.6 is 12.2 Å². The first-order valence-corrected chi connectivity index (χ1v) is 5.61. The van der Waals surface area contributed by atoms with Gasteiger partial charge in [-0.3, -0.25) is 4.98 Å². The molecule has 88 valence electrons. The van der Waals surface area contributed by atoms with Gasteiger partial charge in [0, 0.05) is 30.8 Å². The van der Waals surface area contributed by atoms with Crippen LogP contribution in [-0.4, -0.2) is 22.1 Å². The van der Waals surface area contributed by atoms with Gasteiger partial charge in [0.05, 0.1) is 6.61 Å². The van der Waals surface area contributed by atoms with E-state index in [9.17, 15) is 0 Å². The van der Waals surface area contributed by atoms with Crippen molar-refractivity contribution < 1.29 is 4.74 Å². The summed E-state index contributed by atoms with van der Waals surface area (Å²) in [6, 6.07) is 3.72. The number of nitrogens with one attached hydrogen (secondary N) is 1. The van der Waals surface area contributed by atoms with E-state index in [0.717, 1.165) is 22.6 Å². The summed E-state index contributed by atoms with van der Waals surface area (Å²) in [7, 11) is 1.65. The fourth-order valence-corrected chi connectivity index (χ4v) is 1.84. The van der Waals surface area contributed by atoms with Gasteiger partial charge >= 0.3 is 0 Å². The predicted molar refractivity (Wildman–Crippen MR) is 68.1 cm³/mol. The largest absolute Gasteiger partial charge is 0.378 e. The second-order valence-corrected chi connectivity index (χ2v) is 4.14. The summed E-state index contributed by atoms with van der Waals surface area (Å²) in [4.78, 5) is 11.6. The molecule has 2 rings (SSSR count). The Labute approximate surface area is 105 Å². The summed E-state index contributed by atoms with van der Waals surface area (Å²) in [5, 5.41) is 0. The molecule has 0 fully saturated rings. The van der Waals surface area contributed by atoms with Crippen LogP contribution in [0.1, 0.15) is 11.3 Å². The molecule has 0 aliphatic carbocycles. The summed E-state index contributed by atoms with van der Waals surface area (Å²) >= 11 is 5.14. The average molecular weight is 247 g/mol. The number of hydrogen-bond donors (Lipinski definition) is 1. The summed E-state index contributed by atoms with van der Waals surface area (Å²) < 4.78 is 5.64. The number of rotatable bonds is 3. The third kappa shape index (κ3) is 2.75. The molecule has 4 nitrogen and oxygen atoms in total. The van der Waals surface area contributed by atoms with Crippen LogP contribution in [-0.2, 0) is 11.3 Å². The Morgan fingerprint density at radius 2 is 2.29 bits per heavy atom. The maximum absolute atomic E-state index is 5.14. The Morgan fingerprint density at radius 1 is 1.47 bits per heavy atom. The van der Waals surface area contributed by atoms with E-state index in [4.69, 9.17) is 17.0 Å². The molecule has 0 aliphatic heterocycles. The van der Waals surface area contributed by atoms with E-state index >= 15 is 0 Å². The molecule has 0 aromatic carbocycles. The Bertz CT molecular complexity index is 580. The topological polar surface area (TPSA) is 50.8 Å². The zero-order valence-corrected chi connectivity index (χ0v) is 10.5. The minimum absolute atomic E-state index is 0.489. The normalized spacial score (nSPS) is 10.5. The molecule has 0 saturated carbocycles. The molecule has 2 aromatic heterocycles. The van der Waals surface area contributed by atoms with Gasteiger partial charge in [-0.25, -0.2) is 4.98 Å². The van der Waals surface area contributed by atoms with Crippen LogP contribution in [0, 0.1) is 11.6 Å². The number of ether oxygens (including phenoxy) is 1. The first-order valence-electron chi connectivity index (χ1n) is 5.21. The average Bonchev–Trinajstić information content (AvgIpc) is 2.29. The molecule has 0 unspecified atom stereocenters. The van der Waals surface area contributed by atoms with E-state index in [1.807, 2.05) is 13.0 Å². The van der Waals surface area contributed by atoms with Crippen LogP contribution in [0.4, 0.5) is 0 Å². The van der Waals surface area contributed by atoms with Gasteiger partial charge in [0.2, 0.25) is 0 Å². The molecular weight excluding hydrogens is 234 g/mol. The van der Waals surface area contributed by atoms with E-state index in [0.29, 0.717) is 11.2 Å². The second-order valence-electron chi connectivity index (χ2n) is 3.72. The monoisotopic (exact) mass is 247 g/mol. The van der Waals surface area contributed by atoms with Gasteiger partial charge in [-0.2, -0.15) is 0 Å². The summed E-state index contributed by atoms with van der Waals surface area (Å²) in [6.07, 6.45) is 3.54.